The van der Waals surface area contributed by atoms with Crippen molar-refractivity contribution in [1.29, 1.82) is 0 Å². The van der Waals surface area contributed by atoms with Crippen LogP contribution in [0.4, 0.5) is 10.1 Å². The van der Waals surface area contributed by atoms with E-state index in [1.165, 1.54) is 16.1 Å². The zero-order valence-electron chi connectivity index (χ0n) is 17.5. The molecule has 0 bridgehead atoms. The number of piperazine rings is 1. The van der Waals surface area contributed by atoms with Crippen molar-refractivity contribution in [2.45, 2.75) is 18.7 Å². The number of hydrogen-bond acceptors (Lipinski definition) is 4. The molecule has 2 heterocycles. The van der Waals surface area contributed by atoms with Crippen LogP contribution in [0.5, 0.6) is 0 Å². The Hall–Kier alpha value is -2.90. The second kappa shape index (κ2) is 7.35. The smallest absolute Gasteiger partial charge is 0.268 e. The van der Waals surface area contributed by atoms with E-state index in [4.69, 9.17) is 0 Å². The van der Waals surface area contributed by atoms with E-state index < -0.39 is 15.8 Å². The maximum atomic E-state index is 14.0. The van der Waals surface area contributed by atoms with Crippen molar-refractivity contribution in [3.8, 4) is 0 Å². The van der Waals surface area contributed by atoms with E-state index in [-0.39, 0.29) is 4.90 Å². The summed E-state index contributed by atoms with van der Waals surface area (Å²) in [7, 11) is -3.96. The maximum absolute atomic E-state index is 14.0. The van der Waals surface area contributed by atoms with Gasteiger partial charge in [-0.05, 0) is 54.6 Å². The van der Waals surface area contributed by atoms with E-state index in [9.17, 15) is 12.8 Å². The van der Waals surface area contributed by atoms with Crippen LogP contribution in [0.2, 0.25) is 0 Å². The number of aryl methyl sites for hydroxylation is 2. The van der Waals surface area contributed by atoms with Gasteiger partial charge >= 0.3 is 0 Å². The van der Waals surface area contributed by atoms with Crippen molar-refractivity contribution in [3.63, 3.8) is 0 Å². The molecule has 4 aromatic rings. The maximum Gasteiger partial charge on any atom is 0.268 e. The Labute approximate surface area is 181 Å². The monoisotopic (exact) mass is 437 g/mol. The lowest BCUT2D eigenvalue weighted by molar-refractivity contribution is 0.585. The van der Waals surface area contributed by atoms with Gasteiger partial charge in [-0.1, -0.05) is 24.3 Å². The molecule has 0 saturated carbocycles. The van der Waals surface area contributed by atoms with E-state index in [2.05, 4.69) is 10.2 Å². The van der Waals surface area contributed by atoms with Gasteiger partial charge in [0.1, 0.15) is 5.82 Å². The molecule has 1 fully saturated rings. The van der Waals surface area contributed by atoms with E-state index in [0.29, 0.717) is 10.9 Å². The van der Waals surface area contributed by atoms with Crippen LogP contribution < -0.4 is 10.2 Å². The first-order valence-electron chi connectivity index (χ1n) is 10.4. The topological polar surface area (TPSA) is 54.3 Å². The van der Waals surface area contributed by atoms with E-state index >= 15 is 0 Å². The summed E-state index contributed by atoms with van der Waals surface area (Å²) in [6.07, 6.45) is 1.58. The predicted molar refractivity (Wildman–Crippen MR) is 123 cm³/mol. The molecule has 160 valence electrons. The van der Waals surface area contributed by atoms with Gasteiger partial charge in [0.15, 0.2) is 0 Å². The summed E-state index contributed by atoms with van der Waals surface area (Å²) >= 11 is 0. The van der Waals surface area contributed by atoms with Crippen LogP contribution in [-0.2, 0) is 10.0 Å². The average Bonchev–Trinajstić information content (AvgIpc) is 3.11. The van der Waals surface area contributed by atoms with Crippen LogP contribution in [0.1, 0.15) is 11.1 Å². The number of halogens is 1. The second-order valence-electron chi connectivity index (χ2n) is 8.08. The summed E-state index contributed by atoms with van der Waals surface area (Å²) in [5, 5.41) is 5.66. The minimum Gasteiger partial charge on any atom is -0.369 e. The van der Waals surface area contributed by atoms with Gasteiger partial charge in [0.05, 0.1) is 10.4 Å². The summed E-state index contributed by atoms with van der Waals surface area (Å²) in [5.41, 5.74) is 3.14. The summed E-state index contributed by atoms with van der Waals surface area (Å²) < 4.78 is 43.1. The Morgan fingerprint density at radius 2 is 1.65 bits per heavy atom. The summed E-state index contributed by atoms with van der Waals surface area (Å²) in [5.74, 6) is -0.461. The molecule has 1 aliphatic heterocycles. The fourth-order valence-electron chi connectivity index (χ4n) is 4.56. The fourth-order valence-corrected chi connectivity index (χ4v) is 6.20. The Morgan fingerprint density at radius 1 is 0.935 bits per heavy atom. The molecule has 0 atom stereocenters. The van der Waals surface area contributed by atoms with Gasteiger partial charge in [-0.2, -0.15) is 0 Å². The quantitative estimate of drug-likeness (QED) is 0.522. The third-order valence-corrected chi connectivity index (χ3v) is 7.89. The lowest BCUT2D eigenvalue weighted by atomic mass is 10.0. The zero-order chi connectivity index (χ0) is 21.8. The standard InChI is InChI=1S/C24H24FN3O2S/c1-16-15-28(23-13-18(25)7-8-19(16)23)31(29,30)24-14-22(27-11-9-26-10-12-27)17(2)20-5-3-4-6-21(20)24/h3-8,13-15,26H,9-12H2,1-2H3. The zero-order valence-corrected chi connectivity index (χ0v) is 18.3. The van der Waals surface area contributed by atoms with Gasteiger partial charge in [0.25, 0.3) is 10.0 Å². The molecule has 0 radical (unpaired) electrons. The van der Waals surface area contributed by atoms with Crippen molar-refractivity contribution >= 4 is 37.4 Å². The molecule has 5 nitrogen and oxygen atoms in total. The van der Waals surface area contributed by atoms with Crippen molar-refractivity contribution in [3.05, 3.63) is 71.7 Å². The third kappa shape index (κ3) is 3.20. The van der Waals surface area contributed by atoms with Gasteiger partial charge in [-0.25, -0.2) is 16.8 Å². The SMILES string of the molecule is Cc1c(N2CCNCC2)cc(S(=O)(=O)n2cc(C)c3ccc(F)cc32)c2ccccc12. The van der Waals surface area contributed by atoms with Gasteiger partial charge in [-0.15, -0.1) is 0 Å². The third-order valence-electron chi connectivity index (χ3n) is 6.18. The number of hydrogen-bond donors (Lipinski definition) is 1. The Morgan fingerprint density at radius 3 is 2.39 bits per heavy atom. The van der Waals surface area contributed by atoms with Gasteiger partial charge in [-0.3, -0.25) is 0 Å². The molecule has 5 rings (SSSR count). The lowest BCUT2D eigenvalue weighted by Crippen LogP contribution is -2.43. The molecule has 1 aromatic heterocycles. The van der Waals surface area contributed by atoms with Crippen molar-refractivity contribution in [2.75, 3.05) is 31.1 Å². The highest BCUT2D eigenvalue weighted by Crippen LogP contribution is 2.36. The minimum absolute atomic E-state index is 0.239. The van der Waals surface area contributed by atoms with E-state index in [1.54, 1.807) is 18.3 Å². The van der Waals surface area contributed by atoms with Gasteiger partial charge < -0.3 is 10.2 Å². The molecule has 1 N–H and O–H groups in total. The van der Waals surface area contributed by atoms with E-state index in [1.807, 2.05) is 38.1 Å². The Bertz CT molecular complexity index is 1420. The van der Waals surface area contributed by atoms with E-state index in [0.717, 1.165) is 53.8 Å². The van der Waals surface area contributed by atoms with Crippen LogP contribution in [0.25, 0.3) is 21.7 Å². The summed E-state index contributed by atoms with van der Waals surface area (Å²) in [6.45, 7) is 7.22. The van der Waals surface area contributed by atoms with Gasteiger partial charge in [0, 0.05) is 48.8 Å². The van der Waals surface area contributed by atoms with Crippen molar-refractivity contribution in [1.82, 2.24) is 9.29 Å². The molecule has 7 heteroatoms. The minimum atomic E-state index is -3.96. The molecule has 0 spiro atoms. The Kier molecular flexibility index (Phi) is 4.75. The normalized spacial score (nSPS) is 15.1. The number of benzene rings is 3. The van der Waals surface area contributed by atoms with Crippen molar-refractivity contribution in [2.24, 2.45) is 0 Å². The molecular formula is C24H24FN3O2S. The van der Waals surface area contributed by atoms with Crippen LogP contribution in [0.15, 0.2) is 59.6 Å². The summed E-state index contributed by atoms with van der Waals surface area (Å²) in [4.78, 5) is 2.47. The molecule has 3 aromatic carbocycles. The number of anilines is 1. The van der Waals surface area contributed by atoms with Crippen LogP contribution in [-0.4, -0.2) is 38.6 Å². The number of nitrogens with one attached hydrogen (secondary N) is 1. The van der Waals surface area contributed by atoms with Crippen LogP contribution in [0, 0.1) is 19.7 Å². The first-order valence-corrected chi connectivity index (χ1v) is 11.8. The Balaban J connectivity index is 1.80. The molecule has 1 aliphatic rings. The van der Waals surface area contributed by atoms with Gasteiger partial charge in [0.2, 0.25) is 0 Å². The number of nitrogens with zero attached hydrogens (tertiary/aromatic N) is 2. The number of fused-ring (bicyclic) bond motifs is 2. The fraction of sp³-hybridized carbons (Fsp3) is 0.250. The molecule has 1 saturated heterocycles. The molecule has 0 unspecified atom stereocenters. The molecular weight excluding hydrogens is 413 g/mol. The molecule has 0 amide bonds. The predicted octanol–water partition coefficient (Wildman–Crippen LogP) is 4.20. The second-order valence-corrected chi connectivity index (χ2v) is 9.86. The number of aromatic nitrogens is 1. The summed E-state index contributed by atoms with van der Waals surface area (Å²) in [6, 6.07) is 13.7. The molecule has 31 heavy (non-hydrogen) atoms. The highest BCUT2D eigenvalue weighted by Gasteiger charge is 2.26. The lowest BCUT2D eigenvalue weighted by Gasteiger charge is -2.31. The average molecular weight is 438 g/mol. The largest absolute Gasteiger partial charge is 0.369 e. The first kappa shape index (κ1) is 20.0. The first-order chi connectivity index (χ1) is 14.9. The number of rotatable bonds is 3. The highest BCUT2D eigenvalue weighted by molar-refractivity contribution is 7.90. The van der Waals surface area contributed by atoms with Crippen LogP contribution in [0.3, 0.4) is 0 Å². The highest BCUT2D eigenvalue weighted by atomic mass is 32.2. The molecule has 0 aliphatic carbocycles. The van der Waals surface area contributed by atoms with Crippen LogP contribution >= 0.6 is 0 Å². The van der Waals surface area contributed by atoms with Crippen molar-refractivity contribution < 1.29 is 12.8 Å².